The monoisotopic (exact) mass is 573 g/mol. The molecule has 1 fully saturated rings. The molecular weight excluding hydrogens is 542 g/mol. The number of thiazole rings is 1. The number of hydrogen-bond donors (Lipinski definition) is 1. The van der Waals surface area contributed by atoms with Crippen molar-refractivity contribution in [2.24, 2.45) is 0 Å². The van der Waals surface area contributed by atoms with Crippen molar-refractivity contribution in [2.75, 3.05) is 50.5 Å². The van der Waals surface area contributed by atoms with Crippen LogP contribution in [0, 0.1) is 0 Å². The number of carbonyl (C=O) groups is 3. The van der Waals surface area contributed by atoms with Crippen LogP contribution in [-0.2, 0) is 10.5 Å². The number of hydrogen-bond acceptors (Lipinski definition) is 7. The Morgan fingerprint density at radius 3 is 2.35 bits per heavy atom. The Hall–Kier alpha value is -3.89. The number of carbonyl (C=O) groups excluding carboxylic acids is 3. The number of nitrogens with one attached hydrogen (secondary N) is 1. The van der Waals surface area contributed by atoms with Gasteiger partial charge in [0.05, 0.1) is 10.2 Å². The van der Waals surface area contributed by atoms with Crippen molar-refractivity contribution in [1.82, 2.24) is 14.8 Å². The maximum absolute atomic E-state index is 13.0. The van der Waals surface area contributed by atoms with E-state index in [1.165, 1.54) is 11.3 Å². The van der Waals surface area contributed by atoms with Gasteiger partial charge in [-0.25, -0.2) is 4.98 Å². The maximum Gasteiger partial charge on any atom is 0.257 e. The second-order valence-corrected chi connectivity index (χ2v) is 11.9. The zero-order chi connectivity index (χ0) is 28.2. The third-order valence-electron chi connectivity index (χ3n) is 6.82. The second-order valence-electron chi connectivity index (χ2n) is 9.83. The van der Waals surface area contributed by atoms with Crippen LogP contribution in [0.1, 0.15) is 33.2 Å². The molecule has 40 heavy (non-hydrogen) atoms. The molecular formula is C30H31N5O3S2. The number of fused-ring (bicyclic) bond motifs is 1. The lowest BCUT2D eigenvalue weighted by atomic mass is 10.1. The average Bonchev–Trinajstić information content (AvgIpc) is 3.37. The van der Waals surface area contributed by atoms with Gasteiger partial charge in [-0.15, -0.1) is 11.8 Å². The summed E-state index contributed by atoms with van der Waals surface area (Å²) >= 11 is 3.14. The Labute approximate surface area is 242 Å². The summed E-state index contributed by atoms with van der Waals surface area (Å²) in [4.78, 5) is 48.6. The molecule has 0 unspecified atom stereocenters. The van der Waals surface area contributed by atoms with E-state index in [9.17, 15) is 14.4 Å². The van der Waals surface area contributed by atoms with Crippen LogP contribution in [-0.4, -0.2) is 72.8 Å². The lowest BCUT2D eigenvalue weighted by molar-refractivity contribution is -0.130. The summed E-state index contributed by atoms with van der Waals surface area (Å²) in [6.07, 6.45) is 0. The predicted octanol–water partition coefficient (Wildman–Crippen LogP) is 5.21. The maximum atomic E-state index is 13.0. The first-order chi connectivity index (χ1) is 19.3. The van der Waals surface area contributed by atoms with E-state index in [-0.39, 0.29) is 17.7 Å². The summed E-state index contributed by atoms with van der Waals surface area (Å²) in [5.41, 5.74) is 4.19. The minimum Gasteiger partial charge on any atom is -0.378 e. The highest BCUT2D eigenvalue weighted by molar-refractivity contribution is 7.98. The van der Waals surface area contributed by atoms with Crippen LogP contribution in [0.4, 0.5) is 10.8 Å². The van der Waals surface area contributed by atoms with E-state index in [4.69, 9.17) is 0 Å². The molecule has 8 nitrogen and oxygen atoms in total. The first kappa shape index (κ1) is 27.7. The molecule has 1 aromatic heterocycles. The third-order valence-corrected chi connectivity index (χ3v) is 8.82. The first-order valence-corrected chi connectivity index (χ1v) is 14.8. The highest BCUT2D eigenvalue weighted by Crippen LogP contribution is 2.32. The van der Waals surface area contributed by atoms with Gasteiger partial charge >= 0.3 is 0 Å². The second kappa shape index (κ2) is 12.1. The third kappa shape index (κ3) is 6.46. The Balaban J connectivity index is 1.20. The number of benzene rings is 3. The molecule has 0 aliphatic carbocycles. The van der Waals surface area contributed by atoms with Crippen molar-refractivity contribution in [3.8, 4) is 0 Å². The molecule has 206 valence electrons. The normalized spacial score (nSPS) is 13.4. The fraction of sp³-hybridized carbons (Fsp3) is 0.267. The van der Waals surface area contributed by atoms with Gasteiger partial charge in [-0.05, 0) is 60.2 Å². The molecule has 4 aromatic rings. The van der Waals surface area contributed by atoms with Gasteiger partial charge in [-0.2, -0.15) is 0 Å². The Morgan fingerprint density at radius 1 is 0.925 bits per heavy atom. The zero-order valence-corrected chi connectivity index (χ0v) is 24.3. The van der Waals surface area contributed by atoms with Gasteiger partial charge in [0.25, 0.3) is 11.8 Å². The number of piperazine rings is 1. The quantitative estimate of drug-likeness (QED) is 0.306. The van der Waals surface area contributed by atoms with Gasteiger partial charge in [-0.1, -0.05) is 23.5 Å². The fourth-order valence-electron chi connectivity index (χ4n) is 4.50. The van der Waals surface area contributed by atoms with Crippen LogP contribution in [0.15, 0.2) is 71.6 Å². The number of amides is 3. The number of rotatable bonds is 7. The average molecular weight is 574 g/mol. The molecule has 3 aromatic carbocycles. The number of nitrogens with zero attached hydrogens (tertiary/aromatic N) is 4. The van der Waals surface area contributed by atoms with Gasteiger partial charge < -0.3 is 14.7 Å². The van der Waals surface area contributed by atoms with E-state index in [1.54, 1.807) is 23.6 Å². The van der Waals surface area contributed by atoms with Gasteiger partial charge in [0.15, 0.2) is 5.13 Å². The van der Waals surface area contributed by atoms with E-state index in [0.29, 0.717) is 42.4 Å². The number of anilines is 2. The molecule has 10 heteroatoms. The summed E-state index contributed by atoms with van der Waals surface area (Å²) in [6.45, 7) is 3.82. The Bertz CT molecular complexity index is 1540. The number of aromatic nitrogens is 1. The number of thioether (sulfide) groups is 1. The van der Waals surface area contributed by atoms with Crippen LogP contribution in [0.25, 0.3) is 10.2 Å². The molecule has 0 atom stereocenters. The van der Waals surface area contributed by atoms with Crippen molar-refractivity contribution in [3.05, 3.63) is 83.4 Å². The lowest BCUT2D eigenvalue weighted by Gasteiger charge is -2.34. The first-order valence-electron chi connectivity index (χ1n) is 13.0. The SMILES string of the molecule is CC(=O)N1CCN(C(=O)c2cccc(CSc3ccc4nc(NC(=O)c5ccc(N(C)C)cc5)sc4c3)c2)CC1. The van der Waals surface area contributed by atoms with Gasteiger partial charge in [-0.3, -0.25) is 19.7 Å². The molecule has 1 saturated heterocycles. The largest absolute Gasteiger partial charge is 0.378 e. The molecule has 0 radical (unpaired) electrons. The molecule has 1 N–H and O–H groups in total. The molecule has 0 bridgehead atoms. The summed E-state index contributed by atoms with van der Waals surface area (Å²) in [7, 11) is 3.92. The van der Waals surface area contributed by atoms with Gasteiger partial charge in [0, 0.05) is 74.7 Å². The van der Waals surface area contributed by atoms with Crippen molar-refractivity contribution in [3.63, 3.8) is 0 Å². The van der Waals surface area contributed by atoms with Gasteiger partial charge in [0.1, 0.15) is 0 Å². The highest BCUT2D eigenvalue weighted by atomic mass is 32.2. The summed E-state index contributed by atoms with van der Waals surface area (Å²) in [5.74, 6) is 0.587. The Kier molecular flexibility index (Phi) is 8.37. The molecule has 3 amide bonds. The smallest absolute Gasteiger partial charge is 0.257 e. The molecule has 0 spiro atoms. The van der Waals surface area contributed by atoms with Crippen LogP contribution in [0.2, 0.25) is 0 Å². The molecule has 5 rings (SSSR count). The zero-order valence-electron chi connectivity index (χ0n) is 22.7. The van der Waals surface area contributed by atoms with Crippen LogP contribution >= 0.6 is 23.1 Å². The summed E-state index contributed by atoms with van der Waals surface area (Å²) in [5, 5.41) is 3.48. The van der Waals surface area contributed by atoms with E-state index >= 15 is 0 Å². The summed E-state index contributed by atoms with van der Waals surface area (Å²) in [6, 6.07) is 21.3. The van der Waals surface area contributed by atoms with Crippen molar-refractivity contribution in [1.29, 1.82) is 0 Å². The standard InChI is InChI=1S/C30H31N5O3S2/c1-20(36)34-13-15-35(16-14-34)29(38)23-6-4-5-21(17-23)19-39-25-11-12-26-27(18-25)40-30(31-26)32-28(37)22-7-9-24(10-8-22)33(2)3/h4-12,17-18H,13-16,19H2,1-3H3,(H,31,32,37). The molecule has 2 heterocycles. The van der Waals surface area contributed by atoms with E-state index in [2.05, 4.69) is 16.4 Å². The summed E-state index contributed by atoms with van der Waals surface area (Å²) < 4.78 is 0.997. The van der Waals surface area contributed by atoms with E-state index in [1.807, 2.05) is 84.6 Å². The van der Waals surface area contributed by atoms with Crippen LogP contribution < -0.4 is 10.2 Å². The molecule has 1 aliphatic heterocycles. The van der Waals surface area contributed by atoms with Gasteiger partial charge in [0.2, 0.25) is 5.91 Å². The minimum absolute atomic E-state index is 0.00403. The van der Waals surface area contributed by atoms with Crippen molar-refractivity contribution in [2.45, 2.75) is 17.6 Å². The Morgan fingerprint density at radius 2 is 1.65 bits per heavy atom. The van der Waals surface area contributed by atoms with Crippen molar-refractivity contribution < 1.29 is 14.4 Å². The topological polar surface area (TPSA) is 85.9 Å². The fourth-order valence-corrected chi connectivity index (χ4v) is 6.35. The molecule has 1 aliphatic rings. The van der Waals surface area contributed by atoms with E-state index in [0.717, 1.165) is 32.1 Å². The van der Waals surface area contributed by atoms with Crippen molar-refractivity contribution >= 4 is 61.9 Å². The minimum atomic E-state index is -0.186. The molecule has 0 saturated carbocycles. The predicted molar refractivity (Wildman–Crippen MR) is 163 cm³/mol. The lowest BCUT2D eigenvalue weighted by Crippen LogP contribution is -2.50. The van der Waals surface area contributed by atoms with Crippen LogP contribution in [0.5, 0.6) is 0 Å². The highest BCUT2D eigenvalue weighted by Gasteiger charge is 2.23. The van der Waals surface area contributed by atoms with Crippen LogP contribution in [0.3, 0.4) is 0 Å². The van der Waals surface area contributed by atoms with E-state index < -0.39 is 0 Å².